The smallest absolute Gasteiger partial charge is 0.0726 e. The first-order valence-corrected chi connectivity index (χ1v) is 6.74. The Kier molecular flexibility index (Phi) is 4.81. The lowest BCUT2D eigenvalue weighted by Crippen LogP contribution is -2.55. The van der Waals surface area contributed by atoms with Gasteiger partial charge in [-0.15, -0.1) is 0 Å². The van der Waals surface area contributed by atoms with Gasteiger partial charge in [-0.3, -0.25) is 0 Å². The van der Waals surface area contributed by atoms with Crippen LogP contribution in [-0.4, -0.2) is 35.7 Å². The third-order valence-corrected chi connectivity index (χ3v) is 4.35. The maximum atomic E-state index is 10.5. The number of nitrogens with zero attached hydrogens (tertiary/aromatic N) is 1. The molecule has 0 bridgehead atoms. The van der Waals surface area contributed by atoms with Gasteiger partial charge >= 0.3 is 0 Å². The molecule has 2 nitrogen and oxygen atoms in total. The number of aliphatic hydroxyl groups excluding tert-OH is 1. The molecular formula is C14H29NO. The molecule has 0 radical (unpaired) electrons. The Morgan fingerprint density at radius 2 is 1.75 bits per heavy atom. The Morgan fingerprint density at radius 3 is 2.12 bits per heavy atom. The summed E-state index contributed by atoms with van der Waals surface area (Å²) in [6.45, 7) is 6.71. The van der Waals surface area contributed by atoms with Crippen LogP contribution >= 0.6 is 0 Å². The Morgan fingerprint density at radius 1 is 1.25 bits per heavy atom. The van der Waals surface area contributed by atoms with Crippen molar-refractivity contribution in [2.24, 2.45) is 11.8 Å². The molecule has 1 aliphatic carbocycles. The van der Waals surface area contributed by atoms with E-state index in [2.05, 4.69) is 39.8 Å². The van der Waals surface area contributed by atoms with Gasteiger partial charge in [0.05, 0.1) is 6.10 Å². The number of aliphatic hydroxyl groups is 1. The first-order valence-electron chi connectivity index (χ1n) is 6.74. The molecule has 1 N–H and O–H groups in total. The molecule has 16 heavy (non-hydrogen) atoms. The van der Waals surface area contributed by atoms with Gasteiger partial charge in [-0.25, -0.2) is 0 Å². The molecule has 0 aromatic carbocycles. The molecule has 1 atom stereocenters. The Bertz CT molecular complexity index is 205. The van der Waals surface area contributed by atoms with Crippen molar-refractivity contribution < 1.29 is 5.11 Å². The second kappa shape index (κ2) is 5.50. The fourth-order valence-electron chi connectivity index (χ4n) is 3.01. The third kappa shape index (κ3) is 2.98. The summed E-state index contributed by atoms with van der Waals surface area (Å²) in [6.07, 6.45) is 5.56. The molecule has 0 aromatic rings. The molecule has 0 heterocycles. The normalized spacial score (nSPS) is 33.4. The number of hydrogen-bond acceptors (Lipinski definition) is 2. The monoisotopic (exact) mass is 227 g/mol. The van der Waals surface area contributed by atoms with Crippen molar-refractivity contribution in [1.82, 2.24) is 4.90 Å². The van der Waals surface area contributed by atoms with Crippen LogP contribution in [0.15, 0.2) is 0 Å². The summed E-state index contributed by atoms with van der Waals surface area (Å²) in [5.74, 6) is 1.41. The first-order chi connectivity index (χ1) is 7.38. The zero-order valence-electron chi connectivity index (χ0n) is 11.7. The van der Waals surface area contributed by atoms with Crippen LogP contribution in [0.3, 0.4) is 0 Å². The molecule has 0 aromatic heterocycles. The Balaban J connectivity index is 2.72. The minimum absolute atomic E-state index is 0.0385. The zero-order chi connectivity index (χ0) is 12.3. The van der Waals surface area contributed by atoms with E-state index in [4.69, 9.17) is 0 Å². The van der Waals surface area contributed by atoms with Gasteiger partial charge in [0.15, 0.2) is 0 Å². The second-order valence-corrected chi connectivity index (χ2v) is 6.33. The van der Waals surface area contributed by atoms with E-state index in [1.54, 1.807) is 0 Å². The van der Waals surface area contributed by atoms with Gasteiger partial charge in [0.2, 0.25) is 0 Å². The zero-order valence-corrected chi connectivity index (χ0v) is 11.7. The molecular weight excluding hydrogens is 198 g/mol. The number of hydrogen-bond donors (Lipinski definition) is 1. The molecule has 0 amide bonds. The summed E-state index contributed by atoms with van der Waals surface area (Å²) in [7, 11) is 4.25. The quantitative estimate of drug-likeness (QED) is 0.798. The van der Waals surface area contributed by atoms with Crippen LogP contribution in [0.1, 0.15) is 52.9 Å². The standard InChI is InChI=1S/C14H29NO/c1-11(2)10-13(16)14(15(4)5)8-6-12(3)7-9-14/h11-13,16H,6-10H2,1-5H3. The van der Waals surface area contributed by atoms with Gasteiger partial charge in [-0.1, -0.05) is 20.8 Å². The van der Waals surface area contributed by atoms with E-state index in [0.717, 1.165) is 25.2 Å². The predicted molar refractivity (Wildman–Crippen MR) is 69.5 cm³/mol. The summed E-state index contributed by atoms with van der Waals surface area (Å²) >= 11 is 0. The summed E-state index contributed by atoms with van der Waals surface area (Å²) in [6, 6.07) is 0. The minimum atomic E-state index is -0.171. The molecule has 1 fully saturated rings. The predicted octanol–water partition coefficient (Wildman–Crippen LogP) is 2.90. The average molecular weight is 227 g/mol. The molecule has 0 aliphatic heterocycles. The highest BCUT2D eigenvalue weighted by molar-refractivity contribution is 4.98. The van der Waals surface area contributed by atoms with Crippen LogP contribution in [0.25, 0.3) is 0 Å². The topological polar surface area (TPSA) is 23.5 Å². The van der Waals surface area contributed by atoms with E-state index in [1.165, 1.54) is 12.8 Å². The van der Waals surface area contributed by atoms with Crippen molar-refractivity contribution in [2.75, 3.05) is 14.1 Å². The van der Waals surface area contributed by atoms with Crippen LogP contribution in [0.5, 0.6) is 0 Å². The van der Waals surface area contributed by atoms with E-state index >= 15 is 0 Å². The lowest BCUT2D eigenvalue weighted by atomic mass is 9.71. The average Bonchev–Trinajstić information content (AvgIpc) is 2.17. The molecule has 0 saturated heterocycles. The van der Waals surface area contributed by atoms with Gasteiger partial charge in [0.25, 0.3) is 0 Å². The maximum Gasteiger partial charge on any atom is 0.0726 e. The van der Waals surface area contributed by atoms with E-state index in [0.29, 0.717) is 5.92 Å². The molecule has 96 valence electrons. The Labute approximate surface area is 101 Å². The SMILES string of the molecule is CC(C)CC(O)C1(N(C)C)CCC(C)CC1. The van der Waals surface area contributed by atoms with Crippen molar-refractivity contribution in [3.8, 4) is 0 Å². The van der Waals surface area contributed by atoms with Crippen molar-refractivity contribution in [2.45, 2.75) is 64.5 Å². The first kappa shape index (κ1) is 14.0. The van der Waals surface area contributed by atoms with Crippen LogP contribution in [0.2, 0.25) is 0 Å². The van der Waals surface area contributed by atoms with Crippen molar-refractivity contribution in [1.29, 1.82) is 0 Å². The van der Waals surface area contributed by atoms with Crippen LogP contribution in [0, 0.1) is 11.8 Å². The van der Waals surface area contributed by atoms with Gasteiger partial charge in [0.1, 0.15) is 0 Å². The molecule has 1 saturated carbocycles. The van der Waals surface area contributed by atoms with E-state index in [1.807, 2.05) is 0 Å². The third-order valence-electron chi connectivity index (χ3n) is 4.35. The highest BCUT2D eigenvalue weighted by Gasteiger charge is 2.42. The van der Waals surface area contributed by atoms with Gasteiger partial charge in [-0.05, 0) is 58.0 Å². The largest absolute Gasteiger partial charge is 0.391 e. The maximum absolute atomic E-state index is 10.5. The van der Waals surface area contributed by atoms with Gasteiger partial charge in [-0.2, -0.15) is 0 Å². The van der Waals surface area contributed by atoms with E-state index in [-0.39, 0.29) is 11.6 Å². The van der Waals surface area contributed by atoms with Crippen LogP contribution in [0.4, 0.5) is 0 Å². The molecule has 1 aliphatic rings. The van der Waals surface area contributed by atoms with Crippen molar-refractivity contribution in [3.05, 3.63) is 0 Å². The summed E-state index contributed by atoms with van der Waals surface area (Å²) in [4.78, 5) is 2.27. The highest BCUT2D eigenvalue weighted by atomic mass is 16.3. The molecule has 1 unspecified atom stereocenters. The fourth-order valence-corrected chi connectivity index (χ4v) is 3.01. The van der Waals surface area contributed by atoms with Crippen molar-refractivity contribution >= 4 is 0 Å². The molecule has 1 rings (SSSR count). The second-order valence-electron chi connectivity index (χ2n) is 6.33. The van der Waals surface area contributed by atoms with Crippen LogP contribution < -0.4 is 0 Å². The van der Waals surface area contributed by atoms with E-state index < -0.39 is 0 Å². The summed E-state index contributed by atoms with van der Waals surface area (Å²) < 4.78 is 0. The number of rotatable bonds is 4. The van der Waals surface area contributed by atoms with Crippen molar-refractivity contribution in [3.63, 3.8) is 0 Å². The lowest BCUT2D eigenvalue weighted by Gasteiger charge is -2.48. The summed E-state index contributed by atoms with van der Waals surface area (Å²) in [5.41, 5.74) is 0.0385. The van der Waals surface area contributed by atoms with Gasteiger partial charge in [0, 0.05) is 5.54 Å². The minimum Gasteiger partial charge on any atom is -0.391 e. The molecule has 2 heteroatoms. The van der Waals surface area contributed by atoms with E-state index in [9.17, 15) is 5.11 Å². The summed E-state index contributed by atoms with van der Waals surface area (Å²) in [5, 5.41) is 10.5. The Hall–Kier alpha value is -0.0800. The lowest BCUT2D eigenvalue weighted by molar-refractivity contribution is -0.0476. The number of likely N-dealkylation sites (N-methyl/N-ethyl adjacent to an activating group) is 1. The fraction of sp³-hybridized carbons (Fsp3) is 1.00. The van der Waals surface area contributed by atoms with Gasteiger partial charge < -0.3 is 10.0 Å². The highest BCUT2D eigenvalue weighted by Crippen LogP contribution is 2.39. The molecule has 0 spiro atoms. The van der Waals surface area contributed by atoms with Crippen LogP contribution in [-0.2, 0) is 0 Å².